The number of rotatable bonds is 15. The predicted molar refractivity (Wildman–Crippen MR) is 147 cm³/mol. The van der Waals surface area contributed by atoms with Gasteiger partial charge in [-0.2, -0.15) is 8.78 Å². The van der Waals surface area contributed by atoms with Crippen LogP contribution in [0.2, 0.25) is 0 Å². The summed E-state index contributed by atoms with van der Waals surface area (Å²) in [7, 11) is -5.75. The Morgan fingerprint density at radius 3 is 2.02 bits per heavy atom. The number of halogens is 2. The Kier molecular flexibility index (Phi) is 12.1. The average Bonchev–Trinajstić information content (AvgIpc) is 2.91. The third kappa shape index (κ3) is 10.0. The first-order valence-electron chi connectivity index (χ1n) is 12.9. The third-order valence-corrected chi connectivity index (χ3v) is 7.28. The van der Waals surface area contributed by atoms with Gasteiger partial charge in [0.15, 0.2) is 0 Å². The lowest BCUT2D eigenvalue weighted by Crippen LogP contribution is -2.53. The largest absolute Gasteiger partial charge is 0.399 e. The Hall–Kier alpha value is -3.67. The van der Waals surface area contributed by atoms with Crippen LogP contribution in [0.3, 0.4) is 0 Å². The molecule has 0 fully saturated rings. The molecule has 41 heavy (non-hydrogen) atoms. The van der Waals surface area contributed by atoms with E-state index in [1.165, 1.54) is 6.92 Å². The highest BCUT2D eigenvalue weighted by Crippen LogP contribution is 2.59. The molecule has 0 radical (unpaired) electrons. The van der Waals surface area contributed by atoms with Gasteiger partial charge < -0.3 is 31.5 Å². The van der Waals surface area contributed by atoms with Gasteiger partial charge in [0.2, 0.25) is 17.7 Å². The zero-order chi connectivity index (χ0) is 30.8. The fourth-order valence-corrected chi connectivity index (χ4v) is 4.41. The molecular weight excluding hydrogens is 561 g/mol. The van der Waals surface area contributed by atoms with Crippen LogP contribution in [-0.2, 0) is 37.5 Å². The van der Waals surface area contributed by atoms with Crippen molar-refractivity contribution in [1.82, 2.24) is 16.0 Å². The number of nitrogens with one attached hydrogen (secondary N) is 3. The molecule has 0 aliphatic carbocycles. The highest BCUT2D eigenvalue weighted by molar-refractivity contribution is 7.52. The quantitative estimate of drug-likeness (QED) is 0.134. The summed E-state index contributed by atoms with van der Waals surface area (Å²) in [4.78, 5) is 66.7. The summed E-state index contributed by atoms with van der Waals surface area (Å²) in [6, 6.07) is 8.92. The lowest BCUT2D eigenvalue weighted by molar-refractivity contribution is -0.130. The van der Waals surface area contributed by atoms with E-state index in [0.717, 1.165) is 36.2 Å². The first-order valence-corrected chi connectivity index (χ1v) is 14.5. The van der Waals surface area contributed by atoms with Crippen molar-refractivity contribution in [2.45, 2.75) is 63.7 Å². The van der Waals surface area contributed by atoms with E-state index in [1.54, 1.807) is 12.1 Å². The average molecular weight is 597 g/mol. The zero-order valence-corrected chi connectivity index (χ0v) is 23.6. The summed E-state index contributed by atoms with van der Waals surface area (Å²) in [6.07, 6.45) is 1.80. The van der Waals surface area contributed by atoms with Crippen molar-refractivity contribution in [3.8, 4) is 0 Å². The van der Waals surface area contributed by atoms with E-state index in [4.69, 9.17) is 15.5 Å². The number of nitrogens with two attached hydrogens (primary N) is 1. The minimum absolute atomic E-state index is 0.163. The van der Waals surface area contributed by atoms with Crippen molar-refractivity contribution >= 4 is 31.2 Å². The van der Waals surface area contributed by atoms with Crippen LogP contribution >= 0.6 is 7.60 Å². The van der Waals surface area contributed by atoms with Crippen LogP contribution in [0.5, 0.6) is 0 Å². The number of carbonyl (C=O) groups is 4. The number of carbonyl (C=O) groups excluding carboxylic acids is 4. The molecule has 0 aromatic heterocycles. The molecule has 2 rings (SSSR count). The number of aryl methyl sites for hydroxylation is 1. The number of hydrogen-bond acceptors (Lipinski definition) is 5. The summed E-state index contributed by atoms with van der Waals surface area (Å²) in [5, 5.41) is 7.71. The molecule has 0 saturated heterocycles. The maximum atomic E-state index is 13.9. The van der Waals surface area contributed by atoms with Gasteiger partial charge >= 0.3 is 13.3 Å². The maximum Gasteiger partial charge on any atom is 0.399 e. The van der Waals surface area contributed by atoms with Gasteiger partial charge in [-0.1, -0.05) is 43.3 Å². The molecule has 14 heteroatoms. The summed E-state index contributed by atoms with van der Waals surface area (Å²) < 4.78 is 38.9. The first-order chi connectivity index (χ1) is 19.2. The summed E-state index contributed by atoms with van der Waals surface area (Å²) >= 11 is 0. The van der Waals surface area contributed by atoms with Crippen molar-refractivity contribution in [2.24, 2.45) is 5.73 Å². The standard InChI is InChI=1S/C27H35F2N4O7P/c1-3-18-7-11-20(12-8-18)25(36)31-15-5-4-6-22(24(30)35)33-26(37)23(32-17(2)34)16-19-9-13-21(14-10-19)27(28,29)41(38,39)40/h7-14,22-23H,3-6,15-16H2,1-2H3,(H2,30,35)(H,31,36)(H,32,34)(H,33,37)(H2,38,39,40)/t22-,23-/m0/s1. The van der Waals surface area contributed by atoms with Crippen LogP contribution in [-0.4, -0.2) is 52.0 Å². The number of unbranched alkanes of at least 4 members (excludes halogenated alkanes) is 1. The first kappa shape index (κ1) is 33.5. The van der Waals surface area contributed by atoms with Gasteiger partial charge in [0.25, 0.3) is 5.91 Å². The third-order valence-electron chi connectivity index (χ3n) is 6.29. The van der Waals surface area contributed by atoms with Gasteiger partial charge in [-0.3, -0.25) is 23.7 Å². The number of benzene rings is 2. The minimum atomic E-state index is -5.75. The number of amides is 4. The molecule has 2 aromatic rings. The van der Waals surface area contributed by atoms with E-state index in [-0.39, 0.29) is 18.7 Å². The van der Waals surface area contributed by atoms with E-state index in [2.05, 4.69) is 16.0 Å². The molecular formula is C27H35F2N4O7P. The van der Waals surface area contributed by atoms with E-state index in [9.17, 15) is 32.5 Å². The van der Waals surface area contributed by atoms with E-state index in [0.29, 0.717) is 30.5 Å². The SMILES string of the molecule is CCc1ccc(C(=O)NCCCC[C@H](NC(=O)[C@H](Cc2ccc(C(F)(F)P(=O)(O)O)cc2)NC(C)=O)C(N)=O)cc1. The Balaban J connectivity index is 1.94. The topological polar surface area (TPSA) is 188 Å². The van der Waals surface area contributed by atoms with Gasteiger partial charge in [-0.25, -0.2) is 0 Å². The van der Waals surface area contributed by atoms with Gasteiger partial charge in [-0.05, 0) is 48.9 Å². The van der Waals surface area contributed by atoms with E-state index in [1.807, 2.05) is 19.1 Å². The monoisotopic (exact) mass is 596 g/mol. The minimum Gasteiger partial charge on any atom is -0.368 e. The Morgan fingerprint density at radius 1 is 0.927 bits per heavy atom. The number of hydrogen-bond donors (Lipinski definition) is 6. The zero-order valence-electron chi connectivity index (χ0n) is 22.7. The Bertz CT molecular complexity index is 1270. The Morgan fingerprint density at radius 2 is 1.51 bits per heavy atom. The normalized spacial score (nSPS) is 13.1. The van der Waals surface area contributed by atoms with E-state index >= 15 is 0 Å². The van der Waals surface area contributed by atoms with Crippen LogP contribution in [0.25, 0.3) is 0 Å². The summed E-state index contributed by atoms with van der Waals surface area (Å²) in [5.41, 5.74) is 2.09. The molecule has 4 amide bonds. The van der Waals surface area contributed by atoms with Crippen molar-refractivity contribution < 1.29 is 42.3 Å². The fourth-order valence-electron chi connectivity index (χ4n) is 3.93. The highest BCUT2D eigenvalue weighted by Gasteiger charge is 2.50. The second-order valence-electron chi connectivity index (χ2n) is 9.51. The molecule has 2 atom stereocenters. The van der Waals surface area contributed by atoms with Gasteiger partial charge in [0, 0.05) is 31.0 Å². The molecule has 7 N–H and O–H groups in total. The molecule has 2 aromatic carbocycles. The highest BCUT2D eigenvalue weighted by atomic mass is 31.2. The maximum absolute atomic E-state index is 13.9. The molecule has 0 bridgehead atoms. The van der Waals surface area contributed by atoms with Crippen LogP contribution < -0.4 is 21.7 Å². The molecule has 0 aliphatic rings. The molecule has 0 heterocycles. The molecule has 0 aliphatic heterocycles. The summed E-state index contributed by atoms with van der Waals surface area (Å²) in [5.74, 6) is -2.34. The second-order valence-corrected chi connectivity index (χ2v) is 11.2. The van der Waals surface area contributed by atoms with Crippen molar-refractivity contribution in [3.63, 3.8) is 0 Å². The molecule has 0 saturated carbocycles. The van der Waals surface area contributed by atoms with E-state index < -0.39 is 48.6 Å². The predicted octanol–water partition coefficient (Wildman–Crippen LogP) is 2.09. The van der Waals surface area contributed by atoms with Crippen LogP contribution in [0.15, 0.2) is 48.5 Å². The Labute approximate surface area is 236 Å². The van der Waals surface area contributed by atoms with Crippen molar-refractivity contribution in [2.75, 3.05) is 6.54 Å². The lowest BCUT2D eigenvalue weighted by atomic mass is 10.0. The number of primary amides is 1. The van der Waals surface area contributed by atoms with Gasteiger partial charge in [-0.15, -0.1) is 0 Å². The summed E-state index contributed by atoms with van der Waals surface area (Å²) in [6.45, 7) is 3.52. The smallest absolute Gasteiger partial charge is 0.368 e. The molecule has 11 nitrogen and oxygen atoms in total. The molecule has 0 spiro atoms. The van der Waals surface area contributed by atoms with Crippen molar-refractivity contribution in [1.29, 1.82) is 0 Å². The lowest BCUT2D eigenvalue weighted by Gasteiger charge is -2.22. The van der Waals surface area contributed by atoms with Crippen LogP contribution in [0, 0.1) is 0 Å². The second kappa shape index (κ2) is 14.8. The van der Waals surface area contributed by atoms with Gasteiger partial charge in [0.05, 0.1) is 0 Å². The van der Waals surface area contributed by atoms with Gasteiger partial charge in [0.1, 0.15) is 12.1 Å². The fraction of sp³-hybridized carbons (Fsp3) is 0.407. The van der Waals surface area contributed by atoms with Crippen molar-refractivity contribution in [3.05, 3.63) is 70.8 Å². The molecule has 0 unspecified atom stereocenters. The number of alkyl halides is 2. The molecule has 224 valence electrons. The van der Waals surface area contributed by atoms with Crippen LogP contribution in [0.1, 0.15) is 60.2 Å². The van der Waals surface area contributed by atoms with Crippen LogP contribution in [0.4, 0.5) is 8.78 Å².